The molecule has 0 radical (unpaired) electrons. The van der Waals surface area contributed by atoms with Crippen molar-refractivity contribution in [3.05, 3.63) is 58.5 Å². The first kappa shape index (κ1) is 29.2. The number of nitrogens with two attached hydrogens (primary N) is 4. The van der Waals surface area contributed by atoms with Gasteiger partial charge in [0.05, 0.1) is 30.4 Å². The van der Waals surface area contributed by atoms with Crippen LogP contribution < -0.4 is 38.9 Å². The van der Waals surface area contributed by atoms with E-state index >= 15 is 0 Å². The molecule has 38 heavy (non-hydrogen) atoms. The van der Waals surface area contributed by atoms with E-state index in [4.69, 9.17) is 28.0 Å². The van der Waals surface area contributed by atoms with Gasteiger partial charge in [0.15, 0.2) is 23.8 Å². The second-order valence-electron chi connectivity index (χ2n) is 8.05. The molecular weight excluding hydrogens is 490 g/mol. The summed E-state index contributed by atoms with van der Waals surface area (Å²) in [7, 11) is 0. The van der Waals surface area contributed by atoms with Gasteiger partial charge in [0.2, 0.25) is 5.91 Å². The Morgan fingerprint density at radius 2 is 1.39 bits per heavy atom. The van der Waals surface area contributed by atoms with Crippen LogP contribution in [-0.2, 0) is 4.79 Å². The first-order chi connectivity index (χ1) is 18.0. The number of hydrogen-bond acceptors (Lipinski definition) is 10. The summed E-state index contributed by atoms with van der Waals surface area (Å²) in [6.07, 6.45) is 6.41. The molecule has 0 bridgehead atoms. The molecule has 4 aromatic heterocycles. The predicted octanol–water partition coefficient (Wildman–Crippen LogP) is -0.849. The number of guanidine groups is 1. The maximum absolute atomic E-state index is 10.1. The van der Waals surface area contributed by atoms with Crippen LogP contribution >= 0.6 is 0 Å². The highest BCUT2D eigenvalue weighted by Crippen LogP contribution is 2.21. The zero-order valence-electron chi connectivity index (χ0n) is 21.5. The summed E-state index contributed by atoms with van der Waals surface area (Å²) in [6, 6.07) is 3.96. The molecule has 1 amide bonds. The van der Waals surface area contributed by atoms with Gasteiger partial charge in [-0.05, 0) is 26.0 Å². The van der Waals surface area contributed by atoms with E-state index in [1.54, 1.807) is 19.3 Å². The molecule has 204 valence electrons. The lowest BCUT2D eigenvalue weighted by atomic mass is 10.1. The summed E-state index contributed by atoms with van der Waals surface area (Å²) in [5.74, 6) is 1.40. The van der Waals surface area contributed by atoms with Crippen molar-refractivity contribution in [2.45, 2.75) is 32.8 Å². The fourth-order valence-electron chi connectivity index (χ4n) is 2.88. The van der Waals surface area contributed by atoms with Gasteiger partial charge in [-0.15, -0.1) is 0 Å². The Kier molecular flexibility index (Phi) is 10.7. The summed E-state index contributed by atoms with van der Waals surface area (Å²) in [6.45, 7) is 9.55. The number of aliphatic hydroxyl groups is 1. The number of anilines is 3. The Morgan fingerprint density at radius 3 is 1.61 bits per heavy atom. The van der Waals surface area contributed by atoms with Crippen molar-refractivity contribution in [1.82, 2.24) is 40.2 Å². The van der Waals surface area contributed by atoms with E-state index in [2.05, 4.69) is 51.8 Å². The zero-order chi connectivity index (χ0) is 28.2. The van der Waals surface area contributed by atoms with E-state index in [1.165, 1.54) is 6.20 Å². The number of amides is 1. The molecule has 0 spiro atoms. The van der Waals surface area contributed by atoms with Crippen molar-refractivity contribution in [2.24, 2.45) is 10.7 Å². The third-order valence-electron chi connectivity index (χ3n) is 4.97. The van der Waals surface area contributed by atoms with Crippen molar-refractivity contribution < 1.29 is 9.90 Å². The summed E-state index contributed by atoms with van der Waals surface area (Å²) in [5.41, 5.74) is 23.8. The summed E-state index contributed by atoms with van der Waals surface area (Å²) in [5, 5.41) is 13.3. The van der Waals surface area contributed by atoms with E-state index < -0.39 is 6.10 Å². The standard InChI is InChI=1S/C8H12N6.C7H9N.C5H9N3O.C3H5N3O/c1-4(5-2-11-7(9)13-5)6-3-12-8(10)14-6;1-3-7-5-4-6(2)8-7;1-3(9)4-2-7-5(6)8-4;4-3-5-1-2(7)6-3/h2-4H,1H3,(H3,9,11,13)(H3,10,12,14);3-5,8H,2H2,1H3;2-3,9H,1H3,(H3,6,7,8);1H2,(H3,4,5,6,7)/b;7-3-;;. The van der Waals surface area contributed by atoms with Gasteiger partial charge in [-0.3, -0.25) is 10.1 Å². The van der Waals surface area contributed by atoms with Crippen LogP contribution in [0.4, 0.5) is 17.8 Å². The van der Waals surface area contributed by atoms with Crippen molar-refractivity contribution >= 4 is 42.4 Å². The second-order valence-corrected chi connectivity index (χ2v) is 8.05. The highest BCUT2D eigenvalue weighted by atomic mass is 16.3. The number of aliphatic hydroxyl groups excluding tert-OH is 1. The second kappa shape index (κ2) is 13.9. The average Bonchev–Trinajstić information content (AvgIpc) is 3.69. The molecular formula is C23H35N13O2. The number of aromatic nitrogens is 7. The van der Waals surface area contributed by atoms with E-state index in [1.807, 2.05) is 32.1 Å². The number of aliphatic imine (C=N–C) groups is 1. The van der Waals surface area contributed by atoms with Crippen LogP contribution in [0.2, 0.25) is 0 Å². The lowest BCUT2D eigenvalue weighted by Crippen LogP contribution is -2.30. The first-order valence-electron chi connectivity index (χ1n) is 11.5. The third kappa shape index (κ3) is 9.54. The van der Waals surface area contributed by atoms with E-state index in [0.29, 0.717) is 23.5 Å². The number of aromatic amines is 4. The topological polar surface area (TPSA) is 268 Å². The fourth-order valence-corrected chi connectivity index (χ4v) is 2.88. The number of carbonyl (C=O) groups excluding carboxylic acids is 1. The number of carbonyl (C=O) groups is 1. The van der Waals surface area contributed by atoms with Crippen molar-refractivity contribution in [1.29, 1.82) is 0 Å². The van der Waals surface area contributed by atoms with Crippen LogP contribution in [0, 0.1) is 0 Å². The minimum atomic E-state index is -0.519. The van der Waals surface area contributed by atoms with Crippen LogP contribution in [0.3, 0.4) is 0 Å². The van der Waals surface area contributed by atoms with Gasteiger partial charge in [0.1, 0.15) is 6.54 Å². The molecule has 0 saturated heterocycles. The molecule has 5 heterocycles. The molecule has 15 heteroatoms. The van der Waals surface area contributed by atoms with Gasteiger partial charge in [-0.25, -0.2) is 19.9 Å². The van der Waals surface area contributed by atoms with Crippen LogP contribution in [-0.4, -0.2) is 58.4 Å². The molecule has 1 atom stereocenters. The Hall–Kier alpha value is -5.05. The number of rotatable bonds is 3. The quantitative estimate of drug-likeness (QED) is 0.159. The Labute approximate surface area is 218 Å². The molecule has 0 aromatic carbocycles. The highest BCUT2D eigenvalue weighted by Gasteiger charge is 2.12. The van der Waals surface area contributed by atoms with Gasteiger partial charge in [-0.1, -0.05) is 19.6 Å². The lowest BCUT2D eigenvalue weighted by molar-refractivity contribution is -0.117. The number of H-pyrrole nitrogens is 4. The smallest absolute Gasteiger partial charge is 0.248 e. The summed E-state index contributed by atoms with van der Waals surface area (Å²) < 4.78 is 0. The number of imidazole rings is 3. The largest absolute Gasteiger partial charge is 0.387 e. The van der Waals surface area contributed by atoms with Crippen LogP contribution in [0.25, 0.3) is 12.7 Å². The highest BCUT2D eigenvalue weighted by molar-refractivity contribution is 6.02. The Balaban J connectivity index is 0.000000186. The van der Waals surface area contributed by atoms with Gasteiger partial charge in [0, 0.05) is 28.0 Å². The van der Waals surface area contributed by atoms with Gasteiger partial charge >= 0.3 is 0 Å². The molecule has 15 nitrogen and oxygen atoms in total. The zero-order valence-corrected chi connectivity index (χ0v) is 21.5. The van der Waals surface area contributed by atoms with Crippen LogP contribution in [0.1, 0.15) is 49.9 Å². The van der Waals surface area contributed by atoms with Crippen LogP contribution in [0.15, 0.2) is 35.7 Å². The molecule has 0 aliphatic carbocycles. The fraction of sp³-hybridized carbons (Fsp3) is 0.261. The van der Waals surface area contributed by atoms with Gasteiger partial charge < -0.3 is 48.0 Å². The van der Waals surface area contributed by atoms with Gasteiger partial charge in [-0.2, -0.15) is 0 Å². The molecule has 1 aliphatic rings. The SMILES string of the molecule is C=c1cc/c(=C/C)[nH]1.CC(O)c1cnc(N)[nH]1.CC(c1cnc(N)[nH]1)c1cnc(N)[nH]1.NC1=NCC(=O)N1. The van der Waals surface area contributed by atoms with Crippen molar-refractivity contribution in [3.8, 4) is 0 Å². The Bertz CT molecular complexity index is 1390. The summed E-state index contributed by atoms with van der Waals surface area (Å²) >= 11 is 0. The molecule has 1 unspecified atom stereocenters. The molecule has 0 saturated carbocycles. The number of nitrogens with zero attached hydrogens (tertiary/aromatic N) is 4. The molecule has 4 aromatic rings. The minimum Gasteiger partial charge on any atom is -0.387 e. The van der Waals surface area contributed by atoms with Crippen molar-refractivity contribution in [2.75, 3.05) is 23.7 Å². The van der Waals surface area contributed by atoms with Gasteiger partial charge in [0.25, 0.3) is 0 Å². The van der Waals surface area contributed by atoms with E-state index in [9.17, 15) is 4.79 Å². The average molecular weight is 526 g/mol. The predicted molar refractivity (Wildman–Crippen MR) is 147 cm³/mol. The van der Waals surface area contributed by atoms with Crippen molar-refractivity contribution in [3.63, 3.8) is 0 Å². The third-order valence-corrected chi connectivity index (χ3v) is 4.97. The number of hydrogen-bond donors (Lipinski definition) is 10. The lowest BCUT2D eigenvalue weighted by Gasteiger charge is -2.05. The molecule has 1 aliphatic heterocycles. The number of nitrogen functional groups attached to an aromatic ring is 3. The van der Waals surface area contributed by atoms with Crippen LogP contribution in [0.5, 0.6) is 0 Å². The van der Waals surface area contributed by atoms with E-state index in [-0.39, 0.29) is 24.3 Å². The number of nitrogens with one attached hydrogen (secondary N) is 5. The first-order valence-corrected chi connectivity index (χ1v) is 11.5. The maximum atomic E-state index is 10.1. The molecule has 0 fully saturated rings. The normalized spacial score (nSPS) is 13.3. The monoisotopic (exact) mass is 525 g/mol. The molecule has 14 N–H and O–H groups in total. The molecule has 5 rings (SSSR count). The summed E-state index contributed by atoms with van der Waals surface area (Å²) in [4.78, 5) is 36.9. The maximum Gasteiger partial charge on any atom is 0.248 e. The van der Waals surface area contributed by atoms with E-state index in [0.717, 1.165) is 22.1 Å². The minimum absolute atomic E-state index is 0.127. The Morgan fingerprint density at radius 1 is 0.895 bits per heavy atom.